The highest BCUT2D eigenvalue weighted by Crippen LogP contribution is 2.43. The molecule has 4 saturated heterocycles. The molecule has 0 spiro atoms. The Morgan fingerprint density at radius 1 is 0.652 bits per heavy atom. The lowest BCUT2D eigenvalue weighted by molar-refractivity contribution is -0.968. The third-order valence-corrected chi connectivity index (χ3v) is 8.42. The Morgan fingerprint density at radius 2 is 0.957 bits per heavy atom. The van der Waals surface area contributed by atoms with Crippen LogP contribution >= 0.6 is 0 Å². The highest BCUT2D eigenvalue weighted by atomic mass is 16.3. The third kappa shape index (κ3) is 2.57. The average molecular weight is 322 g/mol. The monoisotopic (exact) mass is 322 g/mol. The highest BCUT2D eigenvalue weighted by molar-refractivity contribution is 4.87. The van der Waals surface area contributed by atoms with Gasteiger partial charge in [0.15, 0.2) is 0 Å². The Labute approximate surface area is 141 Å². The van der Waals surface area contributed by atoms with Crippen molar-refractivity contribution in [1.82, 2.24) is 0 Å². The number of piperidine rings is 2. The molecule has 4 nitrogen and oxygen atoms in total. The number of nitrogens with zero attached hydrogens (tertiary/aromatic N) is 2. The molecule has 0 aromatic heterocycles. The summed E-state index contributed by atoms with van der Waals surface area (Å²) >= 11 is 0. The fourth-order valence-corrected chi connectivity index (χ4v) is 6.87. The lowest BCUT2D eigenvalue weighted by Crippen LogP contribution is -2.63. The van der Waals surface area contributed by atoms with E-state index in [1.54, 1.807) is 0 Å². The van der Waals surface area contributed by atoms with Crippen molar-refractivity contribution in [3.05, 3.63) is 0 Å². The van der Waals surface area contributed by atoms with E-state index in [1.807, 2.05) is 0 Å². The van der Waals surface area contributed by atoms with Gasteiger partial charge in [0.25, 0.3) is 0 Å². The first kappa shape index (κ1) is 16.3. The standard InChI is InChI=1S/C19H34N2O2/c1-20(14-4-5-15(20)11-18(22)10-14)8-3-9-21(2)16-6-7-17(21)13-19(23)12-16/h14-19H,3-13H2,1-2H3. The van der Waals surface area contributed by atoms with Crippen LogP contribution in [0.5, 0.6) is 0 Å². The van der Waals surface area contributed by atoms with Gasteiger partial charge in [0, 0.05) is 32.1 Å². The lowest BCUT2D eigenvalue weighted by atomic mass is 9.95. The summed E-state index contributed by atoms with van der Waals surface area (Å²) in [7, 11) is 4.85. The number of quaternary nitrogens is 2. The molecule has 4 heterocycles. The van der Waals surface area contributed by atoms with Crippen LogP contribution in [0.4, 0.5) is 0 Å². The van der Waals surface area contributed by atoms with Crippen LogP contribution in [0.1, 0.15) is 57.8 Å². The molecule has 4 heteroatoms. The van der Waals surface area contributed by atoms with Crippen LogP contribution in [0.15, 0.2) is 0 Å². The lowest BCUT2D eigenvalue weighted by Gasteiger charge is -2.51. The van der Waals surface area contributed by atoms with E-state index in [0.717, 1.165) is 25.7 Å². The topological polar surface area (TPSA) is 46.1 Å². The molecule has 132 valence electrons. The zero-order valence-electron chi connectivity index (χ0n) is 15.0. The van der Waals surface area contributed by atoms with Crippen LogP contribution in [0.2, 0.25) is 0 Å². The minimum absolute atomic E-state index is 0.296. The van der Waals surface area contributed by atoms with Crippen molar-refractivity contribution < 1.29 is 19.2 Å². The molecule has 0 radical (unpaired) electrons. The quantitative estimate of drug-likeness (QED) is 0.703. The van der Waals surface area contributed by atoms with E-state index in [9.17, 15) is 10.2 Å². The smallest absolute Gasteiger partial charge is 0.0882 e. The molecule has 4 fully saturated rings. The molecule has 4 rings (SSSR count). The van der Waals surface area contributed by atoms with E-state index in [-0.39, 0.29) is 12.2 Å². The zero-order valence-corrected chi connectivity index (χ0v) is 15.0. The maximum Gasteiger partial charge on any atom is 0.0882 e. The minimum Gasteiger partial charge on any atom is -0.852 e. The second kappa shape index (κ2) is 5.69. The third-order valence-electron chi connectivity index (χ3n) is 8.42. The zero-order chi connectivity index (χ0) is 16.2. The first-order valence-electron chi connectivity index (χ1n) is 9.93. The molecule has 0 N–H and O–H groups in total. The molecular formula is C19H34N2O2. The highest BCUT2D eigenvalue weighted by Gasteiger charge is 2.51. The molecule has 0 amide bonds. The SMILES string of the molecule is C[N+]1(CCC[N+]2(C)C3CCC2CC([O-])C3)C2CCC1CC([O-])C2. The minimum atomic E-state index is -0.296. The normalized spacial score (nSPS) is 55.3. The largest absolute Gasteiger partial charge is 0.852 e. The molecule has 4 aliphatic heterocycles. The van der Waals surface area contributed by atoms with E-state index < -0.39 is 0 Å². The van der Waals surface area contributed by atoms with Crippen LogP contribution in [0.3, 0.4) is 0 Å². The van der Waals surface area contributed by atoms with Gasteiger partial charge < -0.3 is 19.2 Å². The predicted molar refractivity (Wildman–Crippen MR) is 86.4 cm³/mol. The van der Waals surface area contributed by atoms with Gasteiger partial charge in [-0.15, -0.1) is 12.2 Å². The summed E-state index contributed by atoms with van der Waals surface area (Å²) in [4.78, 5) is 0. The number of hydrogen-bond acceptors (Lipinski definition) is 2. The van der Waals surface area contributed by atoms with Crippen molar-refractivity contribution in [3.8, 4) is 0 Å². The fraction of sp³-hybridized carbons (Fsp3) is 1.00. The Bertz CT molecular complexity index is 387. The summed E-state index contributed by atoms with van der Waals surface area (Å²) in [5.74, 6) is 0. The maximum absolute atomic E-state index is 11.9. The second-order valence-corrected chi connectivity index (χ2v) is 9.45. The van der Waals surface area contributed by atoms with Crippen molar-refractivity contribution in [2.45, 2.75) is 94.2 Å². The van der Waals surface area contributed by atoms with E-state index in [2.05, 4.69) is 14.1 Å². The molecule has 4 atom stereocenters. The summed E-state index contributed by atoms with van der Waals surface area (Å²) in [6, 6.07) is 2.52. The molecule has 4 bridgehead atoms. The second-order valence-electron chi connectivity index (χ2n) is 9.45. The van der Waals surface area contributed by atoms with E-state index in [1.165, 1.54) is 54.2 Å². The van der Waals surface area contributed by atoms with Gasteiger partial charge in [-0.1, -0.05) is 0 Å². The van der Waals surface area contributed by atoms with Gasteiger partial charge >= 0.3 is 0 Å². The van der Waals surface area contributed by atoms with Crippen LogP contribution < -0.4 is 10.2 Å². The van der Waals surface area contributed by atoms with Crippen LogP contribution in [0, 0.1) is 0 Å². The molecule has 23 heavy (non-hydrogen) atoms. The molecule has 0 aromatic carbocycles. The van der Waals surface area contributed by atoms with E-state index in [4.69, 9.17) is 0 Å². The van der Waals surface area contributed by atoms with Crippen molar-refractivity contribution in [3.63, 3.8) is 0 Å². The van der Waals surface area contributed by atoms with Crippen molar-refractivity contribution >= 4 is 0 Å². The van der Waals surface area contributed by atoms with Crippen LogP contribution in [0.25, 0.3) is 0 Å². The van der Waals surface area contributed by atoms with Gasteiger partial charge in [-0.25, -0.2) is 0 Å². The Balaban J connectivity index is 1.37. The fourth-order valence-electron chi connectivity index (χ4n) is 6.87. The first-order chi connectivity index (χ1) is 10.9. The summed E-state index contributed by atoms with van der Waals surface area (Å²) in [5.41, 5.74) is 0. The molecule has 0 aliphatic carbocycles. The summed E-state index contributed by atoms with van der Waals surface area (Å²) in [5, 5.41) is 23.9. The first-order valence-corrected chi connectivity index (χ1v) is 9.93. The van der Waals surface area contributed by atoms with Gasteiger partial charge in [-0.2, -0.15) is 0 Å². The molecule has 4 aliphatic rings. The summed E-state index contributed by atoms with van der Waals surface area (Å²) in [6.45, 7) is 2.49. The predicted octanol–water partition coefficient (Wildman–Crippen LogP) is 0.377. The maximum atomic E-state index is 11.9. The van der Waals surface area contributed by atoms with Crippen molar-refractivity contribution in [1.29, 1.82) is 0 Å². The molecule has 0 aromatic rings. The number of hydrogen-bond donors (Lipinski definition) is 0. The number of fused-ring (bicyclic) bond motifs is 4. The molecule has 0 saturated carbocycles. The summed E-state index contributed by atoms with van der Waals surface area (Å²) < 4.78 is 2.36. The van der Waals surface area contributed by atoms with Gasteiger partial charge in [-0.3, -0.25) is 0 Å². The number of rotatable bonds is 4. The van der Waals surface area contributed by atoms with Gasteiger partial charge in [-0.05, 0) is 25.7 Å². The van der Waals surface area contributed by atoms with Gasteiger partial charge in [0.2, 0.25) is 0 Å². The van der Waals surface area contributed by atoms with Crippen molar-refractivity contribution in [2.75, 3.05) is 27.2 Å². The Morgan fingerprint density at radius 3 is 1.26 bits per heavy atom. The average Bonchev–Trinajstić information content (AvgIpc) is 2.79. The molecule has 4 unspecified atom stereocenters. The Hall–Kier alpha value is -0.160. The van der Waals surface area contributed by atoms with Crippen molar-refractivity contribution in [2.24, 2.45) is 0 Å². The summed E-state index contributed by atoms with van der Waals surface area (Å²) in [6.07, 6.45) is 9.38. The Kier molecular flexibility index (Phi) is 4.03. The van der Waals surface area contributed by atoms with E-state index >= 15 is 0 Å². The van der Waals surface area contributed by atoms with Gasteiger partial charge in [0.1, 0.15) is 0 Å². The van der Waals surface area contributed by atoms with Crippen LogP contribution in [-0.4, -0.2) is 72.5 Å². The van der Waals surface area contributed by atoms with E-state index in [0.29, 0.717) is 24.2 Å². The van der Waals surface area contributed by atoms with Gasteiger partial charge in [0.05, 0.1) is 51.4 Å². The van der Waals surface area contributed by atoms with Crippen LogP contribution in [-0.2, 0) is 0 Å². The molecular weight excluding hydrogens is 288 g/mol.